The Bertz CT molecular complexity index is 963. The van der Waals surface area contributed by atoms with Crippen molar-refractivity contribution >= 4 is 66.8 Å². The number of piperidine rings is 1. The van der Waals surface area contributed by atoms with E-state index in [0.29, 0.717) is 49.3 Å². The van der Waals surface area contributed by atoms with Crippen molar-refractivity contribution in [2.45, 2.75) is 43.4 Å². The number of carbonyl (C=O) groups excluding carboxylic acids is 4. The molecule has 4 atom stereocenters. The maximum Gasteiger partial charge on any atom is 0.240 e. The molecule has 4 amide bonds. The number of likely N-dealkylation sites (N-methyl/N-ethyl adjacent to an activating group) is 2. The van der Waals surface area contributed by atoms with Crippen molar-refractivity contribution in [3.8, 4) is 0 Å². The van der Waals surface area contributed by atoms with Gasteiger partial charge in [-0.1, -0.05) is 43.2 Å². The molecule has 0 saturated carbocycles. The van der Waals surface area contributed by atoms with Gasteiger partial charge in [0.1, 0.15) is 0 Å². The Kier molecular flexibility index (Phi) is 20.5. The van der Waals surface area contributed by atoms with Crippen molar-refractivity contribution in [2.24, 2.45) is 22.9 Å². The zero-order chi connectivity index (χ0) is 36.5. The van der Waals surface area contributed by atoms with Crippen molar-refractivity contribution in [3.05, 3.63) is 0 Å². The zero-order valence-electron chi connectivity index (χ0n) is 29.8. The summed E-state index contributed by atoms with van der Waals surface area (Å²) in [5.41, 5.74) is 24.0. The maximum atomic E-state index is 12.3. The average molecular weight is 781 g/mol. The fourth-order valence-corrected chi connectivity index (χ4v) is 10.1. The van der Waals surface area contributed by atoms with E-state index in [-0.39, 0.29) is 23.6 Å². The van der Waals surface area contributed by atoms with E-state index >= 15 is 0 Å². The highest BCUT2D eigenvalue weighted by Gasteiger charge is 2.27. The number of likely N-dealkylation sites (tertiary alicyclic amines) is 1. The number of hydrogen-bond donors (Lipinski definition) is 4. The van der Waals surface area contributed by atoms with E-state index in [0.717, 1.165) is 78.3 Å². The third kappa shape index (κ3) is 15.2. The van der Waals surface area contributed by atoms with Crippen LogP contribution >= 0.6 is 43.2 Å². The highest BCUT2D eigenvalue weighted by atomic mass is 33.1. The number of nitrogens with zero attached hydrogens (tertiary/aromatic N) is 6. The minimum absolute atomic E-state index is 0.0176. The monoisotopic (exact) mass is 780 g/mol. The summed E-state index contributed by atoms with van der Waals surface area (Å²) < 4.78 is 5.23. The number of morpholine rings is 1. The van der Waals surface area contributed by atoms with Gasteiger partial charge in [-0.15, -0.1) is 0 Å². The Morgan fingerprint density at radius 1 is 0.460 bits per heavy atom. The van der Waals surface area contributed by atoms with E-state index in [4.69, 9.17) is 27.7 Å². The number of hydrogen-bond acceptors (Lipinski definition) is 15. The molecule has 0 spiro atoms. The molecule has 4 aliphatic heterocycles. The topological polar surface area (TPSA) is 201 Å². The van der Waals surface area contributed by atoms with Gasteiger partial charge in [0.05, 0.1) is 37.4 Å². The molecule has 4 aliphatic rings. The first kappa shape index (κ1) is 43.4. The molecule has 0 aliphatic carbocycles. The predicted molar refractivity (Wildman–Crippen MR) is 208 cm³/mol. The summed E-state index contributed by atoms with van der Waals surface area (Å²) in [6.45, 7) is 10.6. The Morgan fingerprint density at radius 3 is 1.06 bits per heavy atom. The summed E-state index contributed by atoms with van der Waals surface area (Å²) in [6.07, 6.45) is 3.33. The molecule has 15 nitrogen and oxygen atoms in total. The standard InChI is InChI=1S/C16H32N6O2S2.C15H28N4O3S2/c1-19-3-7-21(8-4-19)15(23)13(17)11-25-26-12-14(18)16(24)22-9-5-20(2)6-10-22;16-12(14(20)18-4-2-1-3-5-18)10-23-24-11-13(17)15(21)19-6-8-22-9-7-19/h13-14H,3-12,17-18H2,1-2H3;12-13H,1-11,16-17H2/t13-,14-;12-,13-/m00/s1. The molecule has 0 aromatic rings. The molecule has 19 heteroatoms. The maximum absolute atomic E-state index is 12.3. The van der Waals surface area contributed by atoms with E-state index in [9.17, 15) is 19.2 Å². The van der Waals surface area contributed by atoms with E-state index < -0.39 is 24.2 Å². The molecule has 288 valence electrons. The minimum Gasteiger partial charge on any atom is -0.378 e. The van der Waals surface area contributed by atoms with Crippen molar-refractivity contribution < 1.29 is 23.9 Å². The summed E-state index contributed by atoms with van der Waals surface area (Å²) in [5, 5.41) is 0. The first-order valence-corrected chi connectivity index (χ1v) is 22.6. The Balaban J connectivity index is 0.000000271. The van der Waals surface area contributed by atoms with Gasteiger partial charge in [-0.05, 0) is 33.4 Å². The quantitative estimate of drug-likeness (QED) is 0.117. The third-order valence-corrected chi connectivity index (χ3v) is 14.0. The second-order valence-corrected chi connectivity index (χ2v) is 18.2. The highest BCUT2D eigenvalue weighted by molar-refractivity contribution is 8.77. The fourth-order valence-electron chi connectivity index (χ4n) is 5.66. The van der Waals surface area contributed by atoms with Gasteiger partial charge in [-0.25, -0.2) is 0 Å². The SMILES string of the molecule is CN1CCN(C(=O)[C@@H](N)CSSC[C@H](N)C(=O)N2CCN(C)CC2)CC1.N[C@@H](CSSC[C@H](N)C(=O)N1CCOCC1)C(=O)N1CCCCC1. The molecule has 0 aromatic carbocycles. The molecule has 0 unspecified atom stereocenters. The van der Waals surface area contributed by atoms with Crippen LogP contribution < -0.4 is 22.9 Å². The average Bonchev–Trinajstić information content (AvgIpc) is 3.15. The molecule has 0 aromatic heterocycles. The van der Waals surface area contributed by atoms with Crippen LogP contribution in [0, 0.1) is 0 Å². The Labute approximate surface area is 314 Å². The molecular formula is C31H60N10O5S4. The summed E-state index contributed by atoms with van der Waals surface area (Å²) in [5.74, 6) is 2.17. The lowest BCUT2D eigenvalue weighted by Crippen LogP contribution is -2.53. The third-order valence-electron chi connectivity index (χ3n) is 9.05. The Morgan fingerprint density at radius 2 is 0.740 bits per heavy atom. The van der Waals surface area contributed by atoms with Crippen molar-refractivity contribution in [1.82, 2.24) is 29.4 Å². The lowest BCUT2D eigenvalue weighted by Gasteiger charge is -2.34. The van der Waals surface area contributed by atoms with Gasteiger partial charge in [0, 0.05) is 102 Å². The number of carbonyl (C=O) groups is 4. The molecule has 50 heavy (non-hydrogen) atoms. The van der Waals surface area contributed by atoms with Crippen LogP contribution in [0.5, 0.6) is 0 Å². The van der Waals surface area contributed by atoms with E-state index in [1.165, 1.54) is 49.6 Å². The van der Waals surface area contributed by atoms with Gasteiger partial charge in [-0.3, -0.25) is 19.2 Å². The van der Waals surface area contributed by atoms with E-state index in [1.54, 1.807) is 4.90 Å². The zero-order valence-corrected chi connectivity index (χ0v) is 33.1. The second kappa shape index (κ2) is 23.6. The molecule has 4 heterocycles. The van der Waals surface area contributed by atoms with E-state index in [1.807, 2.05) is 14.7 Å². The van der Waals surface area contributed by atoms with E-state index in [2.05, 4.69) is 23.9 Å². The first-order chi connectivity index (χ1) is 24.0. The number of amides is 4. The van der Waals surface area contributed by atoms with Gasteiger partial charge in [0.25, 0.3) is 0 Å². The van der Waals surface area contributed by atoms with Crippen LogP contribution in [0.15, 0.2) is 0 Å². The van der Waals surface area contributed by atoms with Crippen LogP contribution in [0.4, 0.5) is 0 Å². The Hall–Kier alpha value is -1.00. The number of rotatable bonds is 14. The normalized spacial score (nSPS) is 21.9. The van der Waals surface area contributed by atoms with Gasteiger partial charge >= 0.3 is 0 Å². The predicted octanol–water partition coefficient (Wildman–Crippen LogP) is -1.54. The number of nitrogens with two attached hydrogens (primary N) is 4. The van der Waals surface area contributed by atoms with Gasteiger partial charge in [-0.2, -0.15) is 0 Å². The van der Waals surface area contributed by atoms with Gasteiger partial charge in [0.2, 0.25) is 23.6 Å². The van der Waals surface area contributed by atoms with Crippen molar-refractivity contribution in [3.63, 3.8) is 0 Å². The lowest BCUT2D eigenvalue weighted by molar-refractivity contribution is -0.136. The fraction of sp³-hybridized carbons (Fsp3) is 0.871. The van der Waals surface area contributed by atoms with Crippen LogP contribution in [0.1, 0.15) is 19.3 Å². The van der Waals surface area contributed by atoms with Crippen LogP contribution in [-0.2, 0) is 23.9 Å². The summed E-state index contributed by atoms with van der Waals surface area (Å²) in [6, 6.07) is -2.00. The van der Waals surface area contributed by atoms with Gasteiger partial charge < -0.3 is 57.1 Å². The number of piperazine rings is 2. The summed E-state index contributed by atoms with van der Waals surface area (Å²) >= 11 is 0. The first-order valence-electron chi connectivity index (χ1n) is 17.6. The van der Waals surface area contributed by atoms with Crippen LogP contribution in [0.2, 0.25) is 0 Å². The van der Waals surface area contributed by atoms with Crippen LogP contribution in [0.25, 0.3) is 0 Å². The molecule has 8 N–H and O–H groups in total. The molecule has 4 saturated heterocycles. The van der Waals surface area contributed by atoms with Crippen molar-refractivity contribution in [2.75, 3.05) is 129 Å². The molecule has 4 fully saturated rings. The van der Waals surface area contributed by atoms with Gasteiger partial charge in [0.15, 0.2) is 0 Å². The molecule has 0 bridgehead atoms. The number of ether oxygens (including phenoxy) is 1. The van der Waals surface area contributed by atoms with Crippen molar-refractivity contribution in [1.29, 1.82) is 0 Å². The second-order valence-electron chi connectivity index (χ2n) is 13.1. The summed E-state index contributed by atoms with van der Waals surface area (Å²) in [7, 11) is 10.2. The summed E-state index contributed by atoms with van der Waals surface area (Å²) in [4.78, 5) is 60.8. The van der Waals surface area contributed by atoms with Crippen LogP contribution in [-0.4, -0.2) is 206 Å². The molecular weight excluding hydrogens is 721 g/mol. The lowest BCUT2D eigenvalue weighted by atomic mass is 10.1. The molecule has 0 radical (unpaired) electrons. The molecule has 4 rings (SSSR count). The minimum atomic E-state index is -0.519. The highest BCUT2D eigenvalue weighted by Crippen LogP contribution is 2.24. The largest absolute Gasteiger partial charge is 0.378 e. The van der Waals surface area contributed by atoms with Crippen LogP contribution in [0.3, 0.4) is 0 Å². The smallest absolute Gasteiger partial charge is 0.240 e.